The topological polar surface area (TPSA) is 38.1 Å². The second-order valence-corrected chi connectivity index (χ2v) is 4.36. The van der Waals surface area contributed by atoms with Crippen molar-refractivity contribution in [3.05, 3.63) is 18.0 Å². The normalized spacial score (nSPS) is 13.2. The minimum Gasteiger partial charge on any atom is -0.392 e. The first-order chi connectivity index (χ1) is 6.22. The largest absolute Gasteiger partial charge is 0.392 e. The van der Waals surface area contributed by atoms with E-state index < -0.39 is 0 Å². The Morgan fingerprint density at radius 3 is 3.00 bits per heavy atom. The van der Waals surface area contributed by atoms with Crippen LogP contribution < -0.4 is 0 Å². The molecule has 0 aliphatic heterocycles. The van der Waals surface area contributed by atoms with Crippen LogP contribution in [0.5, 0.6) is 0 Å². The van der Waals surface area contributed by atoms with Gasteiger partial charge in [-0.2, -0.15) is 16.9 Å². The lowest BCUT2D eigenvalue weighted by atomic mass is 10.2. The predicted molar refractivity (Wildman–Crippen MR) is 55.9 cm³/mol. The maximum atomic E-state index is 9.59. The Labute approximate surface area is 83.1 Å². The van der Waals surface area contributed by atoms with E-state index in [0.29, 0.717) is 6.42 Å². The molecule has 0 aliphatic carbocycles. The second kappa shape index (κ2) is 5.29. The Balaban J connectivity index is 2.31. The lowest BCUT2D eigenvalue weighted by Gasteiger charge is -2.06. The second-order valence-electron chi connectivity index (χ2n) is 3.04. The van der Waals surface area contributed by atoms with Gasteiger partial charge < -0.3 is 5.11 Å². The van der Waals surface area contributed by atoms with Crippen LogP contribution in [0.25, 0.3) is 0 Å². The molecule has 1 atom stereocenters. The molecular weight excluding hydrogens is 184 g/mol. The summed E-state index contributed by atoms with van der Waals surface area (Å²) >= 11 is 1.77. The molecule has 74 valence electrons. The summed E-state index contributed by atoms with van der Waals surface area (Å²) in [5, 5.41) is 13.6. The molecular formula is C9H16N2OS. The Morgan fingerprint density at radius 1 is 1.69 bits per heavy atom. The molecule has 0 bridgehead atoms. The van der Waals surface area contributed by atoms with Crippen LogP contribution in [0.4, 0.5) is 0 Å². The number of aryl methyl sites for hydroxylation is 1. The minimum absolute atomic E-state index is 0.242. The molecule has 1 aromatic rings. The molecule has 13 heavy (non-hydrogen) atoms. The zero-order valence-electron chi connectivity index (χ0n) is 8.10. The van der Waals surface area contributed by atoms with Gasteiger partial charge in [-0.25, -0.2) is 0 Å². The number of aliphatic hydroxyl groups is 1. The molecule has 0 fully saturated rings. The Hall–Kier alpha value is -0.480. The number of hydrogen-bond donors (Lipinski definition) is 1. The molecule has 1 N–H and O–H groups in total. The summed E-state index contributed by atoms with van der Waals surface area (Å²) in [7, 11) is 1.89. The van der Waals surface area contributed by atoms with Gasteiger partial charge in [0, 0.05) is 25.4 Å². The number of nitrogens with zero attached hydrogens (tertiary/aromatic N) is 2. The van der Waals surface area contributed by atoms with E-state index in [9.17, 15) is 5.11 Å². The van der Waals surface area contributed by atoms with Crippen molar-refractivity contribution in [1.29, 1.82) is 0 Å². The average Bonchev–Trinajstić information content (AvgIpc) is 2.48. The van der Waals surface area contributed by atoms with Crippen LogP contribution in [0.3, 0.4) is 0 Å². The summed E-state index contributed by atoms with van der Waals surface area (Å²) in [5.41, 5.74) is 1.10. The summed E-state index contributed by atoms with van der Waals surface area (Å²) < 4.78 is 1.76. The highest BCUT2D eigenvalue weighted by Gasteiger charge is 2.06. The first-order valence-electron chi connectivity index (χ1n) is 4.45. The fraction of sp³-hybridized carbons (Fsp3) is 0.667. The monoisotopic (exact) mass is 200 g/mol. The molecule has 3 nitrogen and oxygen atoms in total. The van der Waals surface area contributed by atoms with Gasteiger partial charge in [-0.3, -0.25) is 4.68 Å². The van der Waals surface area contributed by atoms with Crippen LogP contribution in [0, 0.1) is 0 Å². The highest BCUT2D eigenvalue weighted by atomic mass is 32.2. The summed E-state index contributed by atoms with van der Waals surface area (Å²) in [6, 6.07) is 0. The fourth-order valence-corrected chi connectivity index (χ4v) is 1.79. The van der Waals surface area contributed by atoms with E-state index >= 15 is 0 Å². The summed E-state index contributed by atoms with van der Waals surface area (Å²) in [5.74, 6) is 1.87. The SMILES string of the molecule is CCSCC(O)Cc1cnn(C)c1. The number of aliphatic hydroxyl groups excluding tert-OH is 1. The summed E-state index contributed by atoms with van der Waals surface area (Å²) in [6.07, 6.45) is 4.22. The Bertz CT molecular complexity index is 250. The van der Waals surface area contributed by atoms with Crippen LogP contribution in [-0.4, -0.2) is 32.5 Å². The van der Waals surface area contributed by atoms with Crippen molar-refractivity contribution in [3.8, 4) is 0 Å². The molecule has 0 spiro atoms. The molecule has 0 radical (unpaired) electrons. The van der Waals surface area contributed by atoms with Crippen LogP contribution >= 0.6 is 11.8 Å². The van der Waals surface area contributed by atoms with Crippen molar-refractivity contribution in [2.24, 2.45) is 7.05 Å². The first kappa shape index (κ1) is 10.6. The van der Waals surface area contributed by atoms with E-state index in [1.165, 1.54) is 0 Å². The van der Waals surface area contributed by atoms with Gasteiger partial charge in [-0.1, -0.05) is 6.92 Å². The van der Waals surface area contributed by atoms with Gasteiger partial charge in [0.05, 0.1) is 12.3 Å². The molecule has 0 amide bonds. The van der Waals surface area contributed by atoms with E-state index in [0.717, 1.165) is 17.1 Å². The standard InChI is InChI=1S/C9H16N2OS/c1-3-13-7-9(12)4-8-5-10-11(2)6-8/h5-6,9,12H,3-4,7H2,1-2H3. The molecule has 1 unspecified atom stereocenters. The van der Waals surface area contributed by atoms with E-state index in [-0.39, 0.29) is 6.10 Å². The van der Waals surface area contributed by atoms with Crippen molar-refractivity contribution in [2.45, 2.75) is 19.4 Å². The highest BCUT2D eigenvalue weighted by Crippen LogP contribution is 2.07. The lowest BCUT2D eigenvalue weighted by Crippen LogP contribution is -2.13. The molecule has 1 rings (SSSR count). The maximum absolute atomic E-state index is 9.59. The number of hydrogen-bond acceptors (Lipinski definition) is 3. The number of rotatable bonds is 5. The van der Waals surface area contributed by atoms with E-state index in [4.69, 9.17) is 0 Å². The van der Waals surface area contributed by atoms with E-state index in [2.05, 4.69) is 12.0 Å². The number of aromatic nitrogens is 2. The van der Waals surface area contributed by atoms with Gasteiger partial charge in [0.25, 0.3) is 0 Å². The highest BCUT2D eigenvalue weighted by molar-refractivity contribution is 7.99. The third-order valence-corrected chi connectivity index (χ3v) is 2.77. The molecule has 0 saturated carbocycles. The average molecular weight is 200 g/mol. The molecule has 1 aromatic heterocycles. The molecule has 0 saturated heterocycles. The third kappa shape index (κ3) is 3.83. The van der Waals surface area contributed by atoms with Crippen molar-refractivity contribution >= 4 is 11.8 Å². The van der Waals surface area contributed by atoms with E-state index in [1.807, 2.05) is 13.2 Å². The van der Waals surface area contributed by atoms with Crippen LogP contribution in [0.15, 0.2) is 12.4 Å². The minimum atomic E-state index is -0.242. The van der Waals surface area contributed by atoms with Crippen molar-refractivity contribution in [2.75, 3.05) is 11.5 Å². The smallest absolute Gasteiger partial charge is 0.0672 e. The van der Waals surface area contributed by atoms with Gasteiger partial charge >= 0.3 is 0 Å². The van der Waals surface area contributed by atoms with Crippen molar-refractivity contribution in [3.63, 3.8) is 0 Å². The summed E-state index contributed by atoms with van der Waals surface area (Å²) in [4.78, 5) is 0. The zero-order chi connectivity index (χ0) is 9.68. The van der Waals surface area contributed by atoms with Crippen LogP contribution in [-0.2, 0) is 13.5 Å². The lowest BCUT2D eigenvalue weighted by molar-refractivity contribution is 0.200. The van der Waals surface area contributed by atoms with Gasteiger partial charge in [-0.15, -0.1) is 0 Å². The molecule has 4 heteroatoms. The predicted octanol–water partition coefficient (Wildman–Crippen LogP) is 1.08. The zero-order valence-corrected chi connectivity index (χ0v) is 8.92. The van der Waals surface area contributed by atoms with Gasteiger partial charge in [0.15, 0.2) is 0 Å². The molecule has 0 aliphatic rings. The van der Waals surface area contributed by atoms with Crippen molar-refractivity contribution < 1.29 is 5.11 Å². The molecule has 0 aromatic carbocycles. The maximum Gasteiger partial charge on any atom is 0.0672 e. The van der Waals surface area contributed by atoms with Crippen LogP contribution in [0.2, 0.25) is 0 Å². The molecule has 1 heterocycles. The Kier molecular flexibility index (Phi) is 4.32. The quantitative estimate of drug-likeness (QED) is 0.773. The van der Waals surface area contributed by atoms with Gasteiger partial charge in [0.1, 0.15) is 0 Å². The van der Waals surface area contributed by atoms with Gasteiger partial charge in [0.2, 0.25) is 0 Å². The van der Waals surface area contributed by atoms with Gasteiger partial charge in [-0.05, 0) is 11.3 Å². The summed E-state index contributed by atoms with van der Waals surface area (Å²) in [6.45, 7) is 2.10. The van der Waals surface area contributed by atoms with Crippen molar-refractivity contribution in [1.82, 2.24) is 9.78 Å². The van der Waals surface area contributed by atoms with Crippen LogP contribution in [0.1, 0.15) is 12.5 Å². The third-order valence-electron chi connectivity index (χ3n) is 1.74. The Morgan fingerprint density at radius 2 is 2.46 bits per heavy atom. The number of thioether (sulfide) groups is 1. The first-order valence-corrected chi connectivity index (χ1v) is 5.61. The fourth-order valence-electron chi connectivity index (χ4n) is 1.16. The van der Waals surface area contributed by atoms with E-state index in [1.54, 1.807) is 22.6 Å².